The molecule has 2 aromatic carbocycles. The minimum atomic E-state index is -0.842. The van der Waals surface area contributed by atoms with Crippen molar-refractivity contribution in [2.75, 3.05) is 19.8 Å². The van der Waals surface area contributed by atoms with Crippen molar-refractivity contribution >= 4 is 29.2 Å². The van der Waals surface area contributed by atoms with Crippen molar-refractivity contribution in [1.82, 2.24) is 0 Å². The molecule has 0 spiro atoms. The van der Waals surface area contributed by atoms with E-state index in [-0.39, 0.29) is 24.3 Å². The minimum absolute atomic E-state index is 0.0895. The van der Waals surface area contributed by atoms with E-state index in [1.165, 1.54) is 6.07 Å². The van der Waals surface area contributed by atoms with Crippen molar-refractivity contribution in [1.29, 1.82) is 0 Å². The molecule has 0 aliphatic carbocycles. The van der Waals surface area contributed by atoms with Gasteiger partial charge in [-0.25, -0.2) is 9.59 Å². The lowest BCUT2D eigenvalue weighted by atomic mass is 10.1. The number of halogens is 1. The molecule has 1 heterocycles. The van der Waals surface area contributed by atoms with Crippen molar-refractivity contribution in [2.45, 2.75) is 13.5 Å². The van der Waals surface area contributed by atoms with E-state index in [9.17, 15) is 19.7 Å². The van der Waals surface area contributed by atoms with Gasteiger partial charge in [0.05, 0.1) is 27.7 Å². The normalized spacial score (nSPS) is 12.2. The summed E-state index contributed by atoms with van der Waals surface area (Å²) in [4.78, 5) is 34.7. The second kappa shape index (κ2) is 8.78. The van der Waals surface area contributed by atoms with Crippen LogP contribution in [-0.4, -0.2) is 36.7 Å². The first-order valence-corrected chi connectivity index (χ1v) is 8.98. The lowest BCUT2D eigenvalue weighted by molar-refractivity contribution is -0.384. The highest BCUT2D eigenvalue weighted by molar-refractivity contribution is 6.32. The molecule has 10 heteroatoms. The summed E-state index contributed by atoms with van der Waals surface area (Å²) in [6.07, 6.45) is 0. The number of non-ortho nitro benzene ring substituents is 1. The Kier molecular flexibility index (Phi) is 6.18. The van der Waals surface area contributed by atoms with Crippen molar-refractivity contribution in [3.8, 4) is 11.5 Å². The Morgan fingerprint density at radius 1 is 1.07 bits per heavy atom. The van der Waals surface area contributed by atoms with Crippen LogP contribution in [0.1, 0.15) is 33.2 Å². The minimum Gasteiger partial charge on any atom is -0.486 e. The number of carbonyl (C=O) groups is 2. The molecule has 2 aromatic rings. The van der Waals surface area contributed by atoms with E-state index < -0.39 is 22.5 Å². The summed E-state index contributed by atoms with van der Waals surface area (Å²) < 4.78 is 20.9. The van der Waals surface area contributed by atoms with Crippen LogP contribution in [0.3, 0.4) is 0 Å². The Hall–Kier alpha value is -3.33. The van der Waals surface area contributed by atoms with E-state index in [1.54, 1.807) is 19.1 Å². The van der Waals surface area contributed by atoms with Gasteiger partial charge in [-0.05, 0) is 30.7 Å². The third-order valence-corrected chi connectivity index (χ3v) is 4.18. The number of benzene rings is 2. The van der Waals surface area contributed by atoms with Gasteiger partial charge in [-0.15, -0.1) is 0 Å². The molecular formula is C19H16ClNO8. The molecule has 0 fully saturated rings. The quantitative estimate of drug-likeness (QED) is 0.395. The average Bonchev–Trinajstić information content (AvgIpc) is 2.71. The Labute approximate surface area is 170 Å². The number of ether oxygens (including phenoxy) is 4. The fraction of sp³-hybridized carbons (Fsp3) is 0.263. The molecule has 9 nitrogen and oxygen atoms in total. The number of hydrogen-bond acceptors (Lipinski definition) is 8. The molecule has 0 unspecified atom stereocenters. The van der Waals surface area contributed by atoms with Gasteiger partial charge in [0.1, 0.15) is 19.8 Å². The van der Waals surface area contributed by atoms with Crippen LogP contribution in [0.5, 0.6) is 11.5 Å². The van der Waals surface area contributed by atoms with Gasteiger partial charge in [0.25, 0.3) is 5.69 Å². The Morgan fingerprint density at radius 2 is 1.72 bits per heavy atom. The molecule has 1 aliphatic heterocycles. The number of nitrogens with zero attached hydrogens (tertiary/aromatic N) is 1. The largest absolute Gasteiger partial charge is 0.486 e. The van der Waals surface area contributed by atoms with Gasteiger partial charge < -0.3 is 18.9 Å². The number of nitro groups is 1. The average molecular weight is 422 g/mol. The van der Waals surface area contributed by atoms with E-state index in [4.69, 9.17) is 30.5 Å². The molecular weight excluding hydrogens is 406 g/mol. The number of rotatable bonds is 6. The van der Waals surface area contributed by atoms with Crippen LogP contribution < -0.4 is 9.47 Å². The molecule has 0 amide bonds. The topological polar surface area (TPSA) is 114 Å². The SMILES string of the molecule is CCOC(=O)c1cc(C(=O)OCc2cc(Cl)c3c(c2)OCCO3)cc([N+](=O)[O-])c1. The fourth-order valence-corrected chi connectivity index (χ4v) is 2.93. The van der Waals surface area contributed by atoms with Crippen molar-refractivity contribution < 1.29 is 33.5 Å². The maximum atomic E-state index is 12.4. The summed E-state index contributed by atoms with van der Waals surface area (Å²) in [6.45, 7) is 2.29. The highest BCUT2D eigenvalue weighted by Gasteiger charge is 2.21. The molecule has 0 aromatic heterocycles. The smallest absolute Gasteiger partial charge is 0.338 e. The highest BCUT2D eigenvalue weighted by atomic mass is 35.5. The molecule has 0 saturated carbocycles. The van der Waals surface area contributed by atoms with Gasteiger partial charge in [-0.2, -0.15) is 0 Å². The second-order valence-electron chi connectivity index (χ2n) is 5.92. The second-order valence-corrected chi connectivity index (χ2v) is 6.33. The van der Waals surface area contributed by atoms with Gasteiger partial charge >= 0.3 is 11.9 Å². The zero-order valence-electron chi connectivity index (χ0n) is 15.3. The monoisotopic (exact) mass is 421 g/mol. The van der Waals surface area contributed by atoms with Crippen LogP contribution >= 0.6 is 11.6 Å². The van der Waals surface area contributed by atoms with Crippen LogP contribution in [-0.2, 0) is 16.1 Å². The first kappa shape index (κ1) is 20.4. The third-order valence-electron chi connectivity index (χ3n) is 3.90. The Morgan fingerprint density at radius 3 is 2.38 bits per heavy atom. The van der Waals surface area contributed by atoms with Crippen LogP contribution in [0.15, 0.2) is 30.3 Å². The zero-order valence-corrected chi connectivity index (χ0v) is 16.1. The fourth-order valence-electron chi connectivity index (χ4n) is 2.65. The Bertz CT molecular complexity index is 975. The zero-order chi connectivity index (χ0) is 21.0. The summed E-state index contributed by atoms with van der Waals surface area (Å²) in [5.41, 5.74) is -0.144. The number of esters is 2. The summed E-state index contributed by atoms with van der Waals surface area (Å²) in [6, 6.07) is 6.45. The van der Waals surface area contributed by atoms with Crippen molar-refractivity contribution in [3.05, 3.63) is 62.2 Å². The van der Waals surface area contributed by atoms with Crippen LogP contribution in [0.25, 0.3) is 0 Å². The van der Waals surface area contributed by atoms with Crippen LogP contribution in [0, 0.1) is 10.1 Å². The molecule has 0 N–H and O–H groups in total. The molecule has 1 aliphatic rings. The first-order chi connectivity index (χ1) is 13.9. The van der Waals surface area contributed by atoms with Gasteiger partial charge in [0.2, 0.25) is 0 Å². The predicted octanol–water partition coefficient (Wildman–Crippen LogP) is 3.55. The molecule has 3 rings (SSSR count). The molecule has 0 radical (unpaired) electrons. The number of fused-ring (bicyclic) bond motifs is 1. The van der Waals surface area contributed by atoms with E-state index in [0.29, 0.717) is 35.3 Å². The van der Waals surface area contributed by atoms with E-state index in [0.717, 1.165) is 12.1 Å². The molecule has 0 atom stereocenters. The first-order valence-electron chi connectivity index (χ1n) is 8.60. The third kappa shape index (κ3) is 4.75. The molecule has 0 bridgehead atoms. The lowest BCUT2D eigenvalue weighted by Gasteiger charge is -2.20. The van der Waals surface area contributed by atoms with E-state index in [1.807, 2.05) is 0 Å². The van der Waals surface area contributed by atoms with E-state index in [2.05, 4.69) is 0 Å². The standard InChI is InChI=1S/C19H16ClNO8/c1-2-26-18(22)12-7-13(9-14(8-12)21(24)25)19(23)29-10-11-5-15(20)17-16(6-11)27-3-4-28-17/h5-9H,2-4,10H2,1H3. The lowest BCUT2D eigenvalue weighted by Crippen LogP contribution is -2.16. The number of carbonyl (C=O) groups excluding carboxylic acids is 2. The maximum Gasteiger partial charge on any atom is 0.338 e. The summed E-state index contributed by atoms with van der Waals surface area (Å²) >= 11 is 6.15. The van der Waals surface area contributed by atoms with E-state index >= 15 is 0 Å². The number of hydrogen-bond donors (Lipinski definition) is 0. The van der Waals surface area contributed by atoms with Gasteiger partial charge in [0.15, 0.2) is 11.5 Å². The highest BCUT2D eigenvalue weighted by Crippen LogP contribution is 2.38. The maximum absolute atomic E-state index is 12.4. The number of nitro benzene ring substituents is 1. The molecule has 0 saturated heterocycles. The van der Waals surface area contributed by atoms with Crippen molar-refractivity contribution in [2.24, 2.45) is 0 Å². The van der Waals surface area contributed by atoms with Crippen LogP contribution in [0.2, 0.25) is 5.02 Å². The molecule has 29 heavy (non-hydrogen) atoms. The van der Waals surface area contributed by atoms with Gasteiger partial charge in [-0.3, -0.25) is 10.1 Å². The Balaban J connectivity index is 1.79. The summed E-state index contributed by atoms with van der Waals surface area (Å²) in [5.74, 6) is -0.755. The molecule has 152 valence electrons. The summed E-state index contributed by atoms with van der Waals surface area (Å²) in [7, 11) is 0. The van der Waals surface area contributed by atoms with Crippen molar-refractivity contribution in [3.63, 3.8) is 0 Å². The van der Waals surface area contributed by atoms with Gasteiger partial charge in [-0.1, -0.05) is 11.6 Å². The van der Waals surface area contributed by atoms with Crippen LogP contribution in [0.4, 0.5) is 5.69 Å². The van der Waals surface area contributed by atoms with Gasteiger partial charge in [0, 0.05) is 12.1 Å². The summed E-state index contributed by atoms with van der Waals surface area (Å²) in [5, 5.41) is 11.4. The predicted molar refractivity (Wildman–Crippen MR) is 101 cm³/mol.